The minimum atomic E-state index is 0.234. The molecule has 0 unspecified atom stereocenters. The number of β-amino-alcohol motifs (C(OH)–C–C–N with tert-alkyl or cyclic N) is 1. The van der Waals surface area contributed by atoms with Crippen LogP contribution in [0.4, 0.5) is 0 Å². The normalized spacial score (nSPS) is 15.9. The third-order valence-corrected chi connectivity index (χ3v) is 2.71. The van der Waals surface area contributed by atoms with Crippen LogP contribution in [-0.2, 0) is 19.6 Å². The van der Waals surface area contributed by atoms with Crippen LogP contribution in [0.5, 0.6) is 0 Å². The first kappa shape index (κ1) is 9.65. The molecule has 1 aliphatic heterocycles. The maximum atomic E-state index is 8.84. The van der Waals surface area contributed by atoms with Crippen LogP contribution in [0.2, 0.25) is 0 Å². The number of benzene rings is 1. The van der Waals surface area contributed by atoms with Gasteiger partial charge in [0, 0.05) is 26.2 Å². The highest BCUT2D eigenvalue weighted by atomic mass is 16.3. The number of aliphatic hydroxyl groups is 1. The summed E-state index contributed by atoms with van der Waals surface area (Å²) in [6.45, 7) is 3.50. The van der Waals surface area contributed by atoms with E-state index in [1.165, 1.54) is 16.7 Å². The second kappa shape index (κ2) is 4.09. The molecule has 0 aliphatic carbocycles. The molecule has 0 fully saturated rings. The first-order chi connectivity index (χ1) is 6.83. The van der Waals surface area contributed by atoms with E-state index in [9.17, 15) is 0 Å². The van der Waals surface area contributed by atoms with Crippen LogP contribution < -0.4 is 5.73 Å². The third-order valence-electron chi connectivity index (χ3n) is 2.71. The van der Waals surface area contributed by atoms with Crippen molar-refractivity contribution in [2.75, 3.05) is 13.2 Å². The van der Waals surface area contributed by atoms with Gasteiger partial charge in [-0.3, -0.25) is 4.90 Å². The summed E-state index contributed by atoms with van der Waals surface area (Å²) < 4.78 is 0. The van der Waals surface area contributed by atoms with Crippen molar-refractivity contribution < 1.29 is 5.11 Å². The van der Waals surface area contributed by atoms with Crippen molar-refractivity contribution in [3.8, 4) is 0 Å². The molecule has 0 radical (unpaired) electrons. The standard InChI is InChI=1S/C11H16N2O/c12-6-9-1-2-10-7-13(3-4-14)8-11(10)5-9/h1-2,5,14H,3-4,6-8,12H2. The maximum Gasteiger partial charge on any atom is 0.0558 e. The average molecular weight is 192 g/mol. The van der Waals surface area contributed by atoms with Gasteiger partial charge in [-0.1, -0.05) is 18.2 Å². The van der Waals surface area contributed by atoms with Gasteiger partial charge in [-0.05, 0) is 16.7 Å². The average Bonchev–Trinajstić information content (AvgIpc) is 2.59. The Morgan fingerprint density at radius 3 is 2.79 bits per heavy atom. The second-order valence-electron chi connectivity index (χ2n) is 3.74. The predicted octanol–water partition coefficient (Wildman–Crippen LogP) is 0.453. The van der Waals surface area contributed by atoms with Gasteiger partial charge in [0.15, 0.2) is 0 Å². The fourth-order valence-electron chi connectivity index (χ4n) is 1.94. The van der Waals surface area contributed by atoms with E-state index < -0.39 is 0 Å². The summed E-state index contributed by atoms with van der Waals surface area (Å²) in [5.74, 6) is 0. The van der Waals surface area contributed by atoms with Crippen molar-refractivity contribution in [1.82, 2.24) is 4.90 Å². The lowest BCUT2D eigenvalue weighted by Gasteiger charge is -2.11. The van der Waals surface area contributed by atoms with Gasteiger partial charge < -0.3 is 10.8 Å². The number of hydrogen-bond donors (Lipinski definition) is 2. The van der Waals surface area contributed by atoms with Crippen molar-refractivity contribution in [3.63, 3.8) is 0 Å². The number of fused-ring (bicyclic) bond motifs is 1. The van der Waals surface area contributed by atoms with Crippen LogP contribution in [0.25, 0.3) is 0 Å². The van der Waals surface area contributed by atoms with E-state index in [1.54, 1.807) is 0 Å². The Balaban J connectivity index is 2.14. The van der Waals surface area contributed by atoms with E-state index in [0.29, 0.717) is 6.54 Å². The van der Waals surface area contributed by atoms with Gasteiger partial charge >= 0.3 is 0 Å². The number of rotatable bonds is 3. The molecule has 0 amide bonds. The molecule has 1 aliphatic rings. The molecule has 3 N–H and O–H groups in total. The lowest BCUT2D eigenvalue weighted by Crippen LogP contribution is -2.20. The number of hydrogen-bond acceptors (Lipinski definition) is 3. The van der Waals surface area contributed by atoms with Crippen molar-refractivity contribution in [1.29, 1.82) is 0 Å². The maximum absolute atomic E-state index is 8.84. The van der Waals surface area contributed by atoms with Crippen LogP contribution in [0.15, 0.2) is 18.2 Å². The fraction of sp³-hybridized carbons (Fsp3) is 0.455. The molecular formula is C11H16N2O. The van der Waals surface area contributed by atoms with Gasteiger partial charge in [0.05, 0.1) is 6.61 Å². The Morgan fingerprint density at radius 2 is 2.07 bits per heavy atom. The lowest BCUT2D eigenvalue weighted by atomic mass is 10.1. The lowest BCUT2D eigenvalue weighted by molar-refractivity contribution is 0.198. The van der Waals surface area contributed by atoms with E-state index in [4.69, 9.17) is 10.8 Å². The highest BCUT2D eigenvalue weighted by molar-refractivity contribution is 5.34. The van der Waals surface area contributed by atoms with E-state index in [-0.39, 0.29) is 6.61 Å². The van der Waals surface area contributed by atoms with E-state index in [2.05, 4.69) is 23.1 Å². The molecule has 76 valence electrons. The molecule has 1 heterocycles. The molecule has 1 aromatic rings. The van der Waals surface area contributed by atoms with Gasteiger partial charge in [-0.25, -0.2) is 0 Å². The first-order valence-corrected chi connectivity index (χ1v) is 4.97. The highest BCUT2D eigenvalue weighted by Gasteiger charge is 2.17. The molecule has 0 saturated heterocycles. The third kappa shape index (κ3) is 1.80. The second-order valence-corrected chi connectivity index (χ2v) is 3.74. The van der Waals surface area contributed by atoms with Crippen molar-refractivity contribution in [2.24, 2.45) is 5.73 Å². The molecule has 3 nitrogen and oxygen atoms in total. The predicted molar refractivity (Wildman–Crippen MR) is 55.5 cm³/mol. The summed E-state index contributed by atoms with van der Waals surface area (Å²) in [6, 6.07) is 6.41. The minimum absolute atomic E-state index is 0.234. The van der Waals surface area contributed by atoms with Crippen LogP contribution in [0.3, 0.4) is 0 Å². The summed E-state index contributed by atoms with van der Waals surface area (Å²) in [6.07, 6.45) is 0. The Labute approximate surface area is 84.1 Å². The monoisotopic (exact) mass is 192 g/mol. The van der Waals surface area contributed by atoms with E-state index in [0.717, 1.165) is 19.6 Å². The first-order valence-electron chi connectivity index (χ1n) is 4.97. The largest absolute Gasteiger partial charge is 0.395 e. The van der Waals surface area contributed by atoms with E-state index >= 15 is 0 Å². The summed E-state index contributed by atoms with van der Waals surface area (Å²) >= 11 is 0. The van der Waals surface area contributed by atoms with Gasteiger partial charge in [-0.15, -0.1) is 0 Å². The zero-order chi connectivity index (χ0) is 9.97. The van der Waals surface area contributed by atoms with E-state index in [1.807, 2.05) is 0 Å². The van der Waals surface area contributed by atoms with Crippen molar-refractivity contribution in [2.45, 2.75) is 19.6 Å². The fourth-order valence-corrected chi connectivity index (χ4v) is 1.94. The van der Waals surface area contributed by atoms with Gasteiger partial charge in [-0.2, -0.15) is 0 Å². The molecule has 0 aromatic heterocycles. The quantitative estimate of drug-likeness (QED) is 0.731. The zero-order valence-corrected chi connectivity index (χ0v) is 8.24. The highest BCUT2D eigenvalue weighted by Crippen LogP contribution is 2.23. The smallest absolute Gasteiger partial charge is 0.0558 e. The summed E-state index contributed by atoms with van der Waals surface area (Å²) in [4.78, 5) is 2.24. The van der Waals surface area contributed by atoms with Crippen molar-refractivity contribution in [3.05, 3.63) is 34.9 Å². The van der Waals surface area contributed by atoms with Gasteiger partial charge in [0.1, 0.15) is 0 Å². The zero-order valence-electron chi connectivity index (χ0n) is 8.24. The number of nitrogens with two attached hydrogens (primary N) is 1. The summed E-state index contributed by atoms with van der Waals surface area (Å²) in [5, 5.41) is 8.84. The summed E-state index contributed by atoms with van der Waals surface area (Å²) in [7, 11) is 0. The molecule has 2 rings (SSSR count). The van der Waals surface area contributed by atoms with Crippen molar-refractivity contribution >= 4 is 0 Å². The molecule has 0 saturated carbocycles. The Kier molecular flexibility index (Phi) is 2.82. The molecule has 1 aromatic carbocycles. The Bertz CT molecular complexity index is 325. The van der Waals surface area contributed by atoms with Gasteiger partial charge in [0.2, 0.25) is 0 Å². The Hall–Kier alpha value is -0.900. The summed E-state index contributed by atoms with van der Waals surface area (Å²) in [5.41, 5.74) is 9.51. The number of nitrogens with zero attached hydrogens (tertiary/aromatic N) is 1. The molecule has 0 spiro atoms. The van der Waals surface area contributed by atoms with Crippen LogP contribution >= 0.6 is 0 Å². The topological polar surface area (TPSA) is 49.5 Å². The SMILES string of the molecule is NCc1ccc2c(c1)CN(CCO)C2. The molecule has 0 atom stereocenters. The van der Waals surface area contributed by atoms with Crippen LogP contribution in [0, 0.1) is 0 Å². The molecule has 0 bridgehead atoms. The minimum Gasteiger partial charge on any atom is -0.395 e. The molecule has 14 heavy (non-hydrogen) atoms. The van der Waals surface area contributed by atoms with Gasteiger partial charge in [0.25, 0.3) is 0 Å². The molecule has 3 heteroatoms. The number of aliphatic hydroxyl groups excluding tert-OH is 1. The van der Waals surface area contributed by atoms with Crippen LogP contribution in [0.1, 0.15) is 16.7 Å². The van der Waals surface area contributed by atoms with Crippen LogP contribution in [-0.4, -0.2) is 23.2 Å². The molecular weight excluding hydrogens is 176 g/mol. The Morgan fingerprint density at radius 1 is 1.29 bits per heavy atom.